The van der Waals surface area contributed by atoms with Crippen LogP contribution in [0.1, 0.15) is 25.8 Å². The Bertz CT molecular complexity index is 464. The third kappa shape index (κ3) is 2.94. The predicted octanol–water partition coefficient (Wildman–Crippen LogP) is 2.54. The van der Waals surface area contributed by atoms with Crippen LogP contribution in [-0.2, 0) is 9.47 Å². The molecule has 0 aliphatic heterocycles. The molecule has 2 rings (SSSR count). The van der Waals surface area contributed by atoms with Gasteiger partial charge in [-0.05, 0) is 32.0 Å². The van der Waals surface area contributed by atoms with Gasteiger partial charge >= 0.3 is 0 Å². The fourth-order valence-corrected chi connectivity index (χ4v) is 1.65. The summed E-state index contributed by atoms with van der Waals surface area (Å²) in [6, 6.07) is 5.77. The summed E-state index contributed by atoms with van der Waals surface area (Å²) in [5, 5.41) is 7.19. The van der Waals surface area contributed by atoms with Crippen molar-refractivity contribution in [2.45, 2.75) is 20.1 Å². The van der Waals surface area contributed by atoms with Gasteiger partial charge in [0.15, 0.2) is 6.29 Å². The molecule has 0 aromatic carbocycles. The topological polar surface area (TPSA) is 60.0 Å². The number of hydrogen-bond acceptors (Lipinski definition) is 4. The molecule has 0 aliphatic carbocycles. The van der Waals surface area contributed by atoms with Crippen molar-refractivity contribution in [3.63, 3.8) is 0 Å². The van der Waals surface area contributed by atoms with Crippen LogP contribution in [0.4, 0.5) is 0 Å². The summed E-state index contributed by atoms with van der Waals surface area (Å²) in [6.07, 6.45) is 3.12. The summed E-state index contributed by atoms with van der Waals surface area (Å²) in [4.78, 5) is 4.07. The molecule has 18 heavy (non-hydrogen) atoms. The predicted molar refractivity (Wildman–Crippen MR) is 67.8 cm³/mol. The van der Waals surface area contributed by atoms with E-state index in [9.17, 15) is 0 Å². The van der Waals surface area contributed by atoms with Crippen molar-refractivity contribution in [1.82, 2.24) is 15.2 Å². The highest BCUT2D eigenvalue weighted by atomic mass is 16.7. The quantitative estimate of drug-likeness (QED) is 0.797. The highest BCUT2D eigenvalue weighted by Crippen LogP contribution is 2.22. The number of rotatable bonds is 6. The van der Waals surface area contributed by atoms with Crippen LogP contribution in [0.3, 0.4) is 0 Å². The minimum Gasteiger partial charge on any atom is -0.347 e. The largest absolute Gasteiger partial charge is 0.347 e. The fourth-order valence-electron chi connectivity index (χ4n) is 1.65. The first-order chi connectivity index (χ1) is 8.85. The smallest absolute Gasteiger partial charge is 0.200 e. The molecule has 5 nitrogen and oxygen atoms in total. The van der Waals surface area contributed by atoms with Gasteiger partial charge in [0.2, 0.25) is 0 Å². The van der Waals surface area contributed by atoms with Crippen molar-refractivity contribution >= 4 is 0 Å². The zero-order valence-electron chi connectivity index (χ0n) is 10.6. The van der Waals surface area contributed by atoms with Crippen LogP contribution in [-0.4, -0.2) is 28.4 Å². The second kappa shape index (κ2) is 6.28. The monoisotopic (exact) mass is 247 g/mol. The zero-order valence-corrected chi connectivity index (χ0v) is 10.6. The lowest BCUT2D eigenvalue weighted by atomic mass is 10.2. The Labute approximate surface area is 106 Å². The number of H-pyrrole nitrogens is 1. The summed E-state index contributed by atoms with van der Waals surface area (Å²) in [5.74, 6) is 0. The lowest BCUT2D eigenvalue weighted by Crippen LogP contribution is -2.09. The minimum absolute atomic E-state index is 0.391. The Balaban J connectivity index is 2.18. The first-order valence-corrected chi connectivity index (χ1v) is 6.04. The average molecular weight is 247 g/mol. The highest BCUT2D eigenvalue weighted by molar-refractivity contribution is 5.57. The second-order valence-electron chi connectivity index (χ2n) is 3.69. The van der Waals surface area contributed by atoms with Gasteiger partial charge in [-0.1, -0.05) is 0 Å². The van der Waals surface area contributed by atoms with Gasteiger partial charge in [-0.15, -0.1) is 0 Å². The van der Waals surface area contributed by atoms with E-state index in [0.717, 1.165) is 17.0 Å². The zero-order chi connectivity index (χ0) is 12.8. The molecule has 0 unspecified atom stereocenters. The molecule has 0 radical (unpaired) electrons. The van der Waals surface area contributed by atoms with Gasteiger partial charge in [0, 0.05) is 31.2 Å². The Hall–Kier alpha value is -1.72. The van der Waals surface area contributed by atoms with Crippen LogP contribution in [0.5, 0.6) is 0 Å². The van der Waals surface area contributed by atoms with Gasteiger partial charge in [0.1, 0.15) is 0 Å². The summed E-state index contributed by atoms with van der Waals surface area (Å²) >= 11 is 0. The molecule has 1 N–H and O–H groups in total. The lowest BCUT2D eigenvalue weighted by Gasteiger charge is -2.14. The van der Waals surface area contributed by atoms with E-state index in [2.05, 4.69) is 15.2 Å². The van der Waals surface area contributed by atoms with Crippen LogP contribution < -0.4 is 0 Å². The van der Waals surface area contributed by atoms with E-state index in [0.29, 0.717) is 13.2 Å². The van der Waals surface area contributed by atoms with Crippen LogP contribution in [0, 0.1) is 0 Å². The molecular weight excluding hydrogens is 230 g/mol. The van der Waals surface area contributed by atoms with E-state index in [1.165, 1.54) is 0 Å². The number of aromatic nitrogens is 3. The highest BCUT2D eigenvalue weighted by Gasteiger charge is 2.15. The number of nitrogens with zero attached hydrogens (tertiary/aromatic N) is 2. The SMILES string of the molecule is CCOC(OCC)c1cc(-c2cccnc2)n[nH]1. The second-order valence-corrected chi connectivity index (χ2v) is 3.69. The minimum atomic E-state index is -0.391. The third-order valence-electron chi connectivity index (χ3n) is 2.44. The van der Waals surface area contributed by atoms with E-state index in [-0.39, 0.29) is 0 Å². The normalized spacial score (nSPS) is 11.1. The van der Waals surface area contributed by atoms with Crippen molar-refractivity contribution in [1.29, 1.82) is 0 Å². The molecule has 0 saturated heterocycles. The maximum Gasteiger partial charge on any atom is 0.200 e. The van der Waals surface area contributed by atoms with Gasteiger partial charge in [-0.3, -0.25) is 10.1 Å². The number of hydrogen-bond donors (Lipinski definition) is 1. The van der Waals surface area contributed by atoms with Gasteiger partial charge in [0.05, 0.1) is 11.4 Å². The van der Waals surface area contributed by atoms with Crippen LogP contribution in [0.25, 0.3) is 11.3 Å². The van der Waals surface area contributed by atoms with Crippen molar-refractivity contribution < 1.29 is 9.47 Å². The van der Waals surface area contributed by atoms with Crippen LogP contribution in [0.15, 0.2) is 30.6 Å². The van der Waals surface area contributed by atoms with Gasteiger partial charge in [-0.25, -0.2) is 0 Å². The fraction of sp³-hybridized carbons (Fsp3) is 0.385. The van der Waals surface area contributed by atoms with E-state index in [1.54, 1.807) is 12.4 Å². The summed E-state index contributed by atoms with van der Waals surface area (Å²) in [5.41, 5.74) is 2.62. The molecule has 96 valence electrons. The van der Waals surface area contributed by atoms with Crippen molar-refractivity contribution in [2.75, 3.05) is 13.2 Å². The number of aromatic amines is 1. The Morgan fingerprint density at radius 3 is 2.67 bits per heavy atom. The van der Waals surface area contributed by atoms with Crippen LogP contribution in [0.2, 0.25) is 0 Å². The molecule has 0 bridgehead atoms. The van der Waals surface area contributed by atoms with Crippen molar-refractivity contribution in [2.24, 2.45) is 0 Å². The maximum atomic E-state index is 5.51. The number of pyridine rings is 1. The van der Waals surface area contributed by atoms with Crippen LogP contribution >= 0.6 is 0 Å². The van der Waals surface area contributed by atoms with Crippen molar-refractivity contribution in [3.05, 3.63) is 36.3 Å². The molecule has 2 aromatic heterocycles. The van der Waals surface area contributed by atoms with E-state index in [1.807, 2.05) is 32.0 Å². The molecule has 0 saturated carbocycles. The lowest BCUT2D eigenvalue weighted by molar-refractivity contribution is -0.142. The molecule has 5 heteroatoms. The van der Waals surface area contributed by atoms with Crippen molar-refractivity contribution in [3.8, 4) is 11.3 Å². The molecule has 0 spiro atoms. The molecule has 0 fully saturated rings. The molecular formula is C13H17N3O2. The molecule has 0 aliphatic rings. The van der Waals surface area contributed by atoms with E-state index >= 15 is 0 Å². The van der Waals surface area contributed by atoms with Gasteiger partial charge in [0.25, 0.3) is 0 Å². The first kappa shape index (κ1) is 12.7. The summed E-state index contributed by atoms with van der Waals surface area (Å²) < 4.78 is 11.0. The maximum absolute atomic E-state index is 5.51. The molecule has 2 heterocycles. The Morgan fingerprint density at radius 1 is 1.28 bits per heavy atom. The van der Waals surface area contributed by atoms with Gasteiger partial charge < -0.3 is 9.47 Å². The van der Waals surface area contributed by atoms with E-state index < -0.39 is 6.29 Å². The average Bonchev–Trinajstić information content (AvgIpc) is 2.89. The Morgan fingerprint density at radius 2 is 2.06 bits per heavy atom. The molecule has 2 aromatic rings. The first-order valence-electron chi connectivity index (χ1n) is 6.04. The molecule has 0 atom stereocenters. The van der Waals surface area contributed by atoms with Gasteiger partial charge in [-0.2, -0.15) is 5.10 Å². The standard InChI is InChI=1S/C13H17N3O2/c1-3-17-13(18-4-2)12-8-11(15-16-12)10-6-5-7-14-9-10/h5-9,13H,3-4H2,1-2H3,(H,15,16). The third-order valence-corrected chi connectivity index (χ3v) is 2.44. The number of nitrogens with one attached hydrogen (secondary N) is 1. The molecule has 0 amide bonds. The number of ether oxygens (including phenoxy) is 2. The van der Waals surface area contributed by atoms with E-state index in [4.69, 9.17) is 9.47 Å². The Kier molecular flexibility index (Phi) is 4.44. The summed E-state index contributed by atoms with van der Waals surface area (Å²) in [6.45, 7) is 5.05. The summed E-state index contributed by atoms with van der Waals surface area (Å²) in [7, 11) is 0.